The molecule has 1 heterocycles. The molecule has 3 heteroatoms. The molecule has 0 saturated carbocycles. The van der Waals surface area contributed by atoms with Crippen molar-refractivity contribution in [2.24, 2.45) is 0 Å². The summed E-state index contributed by atoms with van der Waals surface area (Å²) in [6.07, 6.45) is 15.2. The molecule has 0 saturated heterocycles. The maximum Gasteiger partial charge on any atom is 0 e. The molecule has 0 bridgehead atoms. The van der Waals surface area contributed by atoms with Crippen LogP contribution in [0.15, 0.2) is 41.8 Å². The Kier molecular flexibility index (Phi) is 5.85. The molecule has 86 valence electrons. The molecule has 0 unspecified atom stereocenters. The molecular weight excluding hydrogens is 327 g/mol. The summed E-state index contributed by atoms with van der Waals surface area (Å²) in [7, 11) is 0. The smallest absolute Gasteiger partial charge is 0 e. The van der Waals surface area contributed by atoms with Gasteiger partial charge < -0.3 is 0 Å². The number of hydrogen-bond donors (Lipinski definition) is 0. The van der Waals surface area contributed by atoms with Crippen molar-refractivity contribution in [2.45, 2.75) is 12.8 Å². The monoisotopic (exact) mass is 337 g/mol. The van der Waals surface area contributed by atoms with E-state index in [4.69, 9.17) is 0 Å². The van der Waals surface area contributed by atoms with E-state index in [2.05, 4.69) is 47.2 Å². The van der Waals surface area contributed by atoms with E-state index in [1.165, 1.54) is 22.3 Å². The third-order valence-electron chi connectivity index (χ3n) is 2.82. The predicted molar refractivity (Wildman–Crippen MR) is 73.9 cm³/mol. The maximum atomic E-state index is 3.39. The Hall–Kier alpha value is -0.167. The molecule has 0 N–H and O–H groups in total. The zero-order valence-electron chi connectivity index (χ0n) is 9.27. The summed E-state index contributed by atoms with van der Waals surface area (Å²) in [5, 5.41) is 5.60. The van der Waals surface area contributed by atoms with Gasteiger partial charge in [-0.15, -0.1) is 40.6 Å². The number of rotatable bonds is 2. The van der Waals surface area contributed by atoms with Crippen molar-refractivity contribution < 1.29 is 26.2 Å². The van der Waals surface area contributed by atoms with Crippen molar-refractivity contribution in [2.75, 3.05) is 0 Å². The minimum Gasteiger partial charge on any atom is -0.264 e. The van der Waals surface area contributed by atoms with Gasteiger partial charge in [0.15, 0.2) is 0 Å². The Balaban J connectivity index is 0.000000722. The normalized spacial score (nSPS) is 16.2. The van der Waals surface area contributed by atoms with Gasteiger partial charge in [0.05, 0.1) is 0 Å². The van der Waals surface area contributed by atoms with Crippen LogP contribution in [0.3, 0.4) is 0 Å². The van der Waals surface area contributed by atoms with Gasteiger partial charge in [-0.2, -0.15) is 0 Å². The first-order valence-corrected chi connectivity index (χ1v) is 6.04. The summed E-state index contributed by atoms with van der Waals surface area (Å²) >= 11 is 1.68. The summed E-state index contributed by atoms with van der Waals surface area (Å²) in [6, 6.07) is 0. The van der Waals surface area contributed by atoms with Gasteiger partial charge in [0.2, 0.25) is 0 Å². The molecule has 0 radical (unpaired) electrons. The molecule has 0 atom stereocenters. The van der Waals surface area contributed by atoms with Gasteiger partial charge in [-0.05, 0) is 12.8 Å². The molecular formula is C14H12ClSZr-. The van der Waals surface area contributed by atoms with Crippen molar-refractivity contribution in [3.05, 3.63) is 58.3 Å². The molecule has 2 aliphatic carbocycles. The van der Waals surface area contributed by atoms with Crippen LogP contribution in [-0.4, -0.2) is 0 Å². The zero-order chi connectivity index (χ0) is 10.1. The van der Waals surface area contributed by atoms with Gasteiger partial charge in [0.25, 0.3) is 0 Å². The van der Waals surface area contributed by atoms with Crippen molar-refractivity contribution in [3.63, 3.8) is 0 Å². The second kappa shape index (κ2) is 6.68. The summed E-state index contributed by atoms with van der Waals surface area (Å²) in [5.41, 5.74) is 5.51. The molecule has 0 aromatic carbocycles. The average Bonchev–Trinajstić information content (AvgIpc) is 3.01. The Morgan fingerprint density at radius 2 is 1.65 bits per heavy atom. The van der Waals surface area contributed by atoms with E-state index in [0.717, 1.165) is 12.8 Å². The van der Waals surface area contributed by atoms with Gasteiger partial charge in [0, 0.05) is 26.2 Å². The zero-order valence-corrected chi connectivity index (χ0v) is 13.4. The Bertz CT molecular complexity index is 462. The largest absolute Gasteiger partial charge is 0.264 e. The van der Waals surface area contributed by atoms with Crippen molar-refractivity contribution in [1.29, 1.82) is 0 Å². The first kappa shape index (κ1) is 14.9. The fourth-order valence-electron chi connectivity index (χ4n) is 2.02. The fraction of sp³-hybridized carbons (Fsp3) is 0.143. The molecule has 0 aliphatic heterocycles. The first-order valence-electron chi connectivity index (χ1n) is 5.16. The van der Waals surface area contributed by atoms with E-state index >= 15 is 0 Å². The van der Waals surface area contributed by atoms with E-state index in [0.29, 0.717) is 0 Å². The SMILES string of the molecule is Cl.[Zr].[c-]1scc(C2=CC=CC2)c1C1=CC=CC1. The van der Waals surface area contributed by atoms with Crippen LogP contribution < -0.4 is 0 Å². The number of allylic oxidation sites excluding steroid dienone is 8. The molecule has 1 aromatic heterocycles. The van der Waals surface area contributed by atoms with Gasteiger partial charge in [-0.25, -0.2) is 0 Å². The summed E-state index contributed by atoms with van der Waals surface area (Å²) in [6.45, 7) is 0. The topological polar surface area (TPSA) is 0 Å². The van der Waals surface area contributed by atoms with Crippen LogP contribution in [0.2, 0.25) is 0 Å². The Labute approximate surface area is 131 Å². The molecule has 0 nitrogen and oxygen atoms in total. The van der Waals surface area contributed by atoms with Crippen LogP contribution in [0.4, 0.5) is 0 Å². The minimum atomic E-state index is 0. The third-order valence-corrected chi connectivity index (χ3v) is 3.49. The van der Waals surface area contributed by atoms with E-state index in [1.807, 2.05) is 0 Å². The molecule has 0 fully saturated rings. The van der Waals surface area contributed by atoms with Crippen molar-refractivity contribution >= 4 is 34.9 Å². The van der Waals surface area contributed by atoms with Crippen LogP contribution in [0.1, 0.15) is 24.0 Å². The van der Waals surface area contributed by atoms with Crippen LogP contribution in [0.25, 0.3) is 11.1 Å². The molecule has 2 aliphatic rings. The Morgan fingerprint density at radius 3 is 2.24 bits per heavy atom. The average molecular weight is 339 g/mol. The van der Waals surface area contributed by atoms with E-state index < -0.39 is 0 Å². The maximum absolute atomic E-state index is 3.39. The molecule has 0 spiro atoms. The number of hydrogen-bond acceptors (Lipinski definition) is 1. The quantitative estimate of drug-likeness (QED) is 0.688. The second-order valence-electron chi connectivity index (χ2n) is 3.77. The van der Waals surface area contributed by atoms with Gasteiger partial charge in [-0.1, -0.05) is 41.3 Å². The molecule has 3 rings (SSSR count). The van der Waals surface area contributed by atoms with Gasteiger partial charge >= 0.3 is 0 Å². The fourth-order valence-corrected chi connectivity index (χ4v) is 2.82. The van der Waals surface area contributed by atoms with Crippen LogP contribution >= 0.6 is 23.7 Å². The molecule has 0 amide bonds. The molecule has 1 aromatic rings. The standard InChI is InChI=1S/C14H11S.ClH.Zr/c1-2-6-11(5-1)13-9-15-10-14(13)12-7-3-4-8-12;;/h1-5,7,9H,6,8H2;1H;/q-1;;. The van der Waals surface area contributed by atoms with Crippen molar-refractivity contribution in [3.8, 4) is 0 Å². The van der Waals surface area contributed by atoms with E-state index in [1.54, 1.807) is 11.3 Å². The summed E-state index contributed by atoms with van der Waals surface area (Å²) in [5.74, 6) is 0. The van der Waals surface area contributed by atoms with E-state index in [-0.39, 0.29) is 38.6 Å². The van der Waals surface area contributed by atoms with Crippen molar-refractivity contribution in [1.82, 2.24) is 0 Å². The Morgan fingerprint density at radius 1 is 1.00 bits per heavy atom. The third kappa shape index (κ3) is 2.99. The summed E-state index contributed by atoms with van der Waals surface area (Å²) in [4.78, 5) is 0. The second-order valence-corrected chi connectivity index (χ2v) is 4.45. The van der Waals surface area contributed by atoms with Crippen LogP contribution in [-0.2, 0) is 26.2 Å². The van der Waals surface area contributed by atoms with Crippen LogP contribution in [0.5, 0.6) is 0 Å². The predicted octanol–water partition coefficient (Wildman–Crippen LogP) is 4.65. The molecule has 17 heavy (non-hydrogen) atoms. The van der Waals surface area contributed by atoms with Crippen LogP contribution in [0, 0.1) is 5.38 Å². The van der Waals surface area contributed by atoms with Gasteiger partial charge in [0.1, 0.15) is 0 Å². The number of halogens is 1. The van der Waals surface area contributed by atoms with Gasteiger partial charge in [-0.3, -0.25) is 11.3 Å². The minimum absolute atomic E-state index is 0. The number of thiophene rings is 1. The first-order chi connectivity index (χ1) is 7.45. The summed E-state index contributed by atoms with van der Waals surface area (Å²) < 4.78 is 0. The van der Waals surface area contributed by atoms with E-state index in [9.17, 15) is 0 Å².